The first-order valence-corrected chi connectivity index (χ1v) is 7.98. The van der Waals surface area contributed by atoms with Crippen molar-refractivity contribution in [1.82, 2.24) is 19.8 Å². The summed E-state index contributed by atoms with van der Waals surface area (Å²) in [6.45, 7) is 3.72. The van der Waals surface area contributed by atoms with Crippen molar-refractivity contribution in [3.63, 3.8) is 0 Å². The molecule has 0 aliphatic heterocycles. The van der Waals surface area contributed by atoms with Crippen molar-refractivity contribution in [2.45, 2.75) is 20.4 Å². The molecule has 0 unspecified atom stereocenters. The minimum atomic E-state index is -0.539. The average molecular weight is 358 g/mol. The number of tetrazole rings is 1. The average Bonchev–Trinajstić information content (AvgIpc) is 2.92. The van der Waals surface area contributed by atoms with Crippen molar-refractivity contribution >= 4 is 23.2 Å². The van der Waals surface area contributed by atoms with E-state index < -0.39 is 5.69 Å². The number of rotatable bonds is 4. The van der Waals surface area contributed by atoms with E-state index in [2.05, 4.69) is 15.7 Å². The Bertz CT molecular complexity index is 993. The van der Waals surface area contributed by atoms with Gasteiger partial charge in [0, 0.05) is 5.69 Å². The Morgan fingerprint density at radius 1 is 1.12 bits per heavy atom. The molecule has 3 aromatic rings. The zero-order valence-corrected chi connectivity index (χ0v) is 14.5. The highest BCUT2D eigenvalue weighted by molar-refractivity contribution is 6.32. The predicted octanol–water partition coefficient (Wildman–Crippen LogP) is 2.34. The molecule has 25 heavy (non-hydrogen) atoms. The van der Waals surface area contributed by atoms with E-state index in [0.717, 1.165) is 20.5 Å². The Kier molecular flexibility index (Phi) is 4.67. The molecule has 2 aromatic carbocycles. The van der Waals surface area contributed by atoms with Crippen LogP contribution in [-0.4, -0.2) is 25.7 Å². The number of para-hydroxylation sites is 1. The van der Waals surface area contributed by atoms with E-state index in [1.807, 2.05) is 32.0 Å². The highest BCUT2D eigenvalue weighted by Gasteiger charge is 2.14. The molecule has 8 heteroatoms. The summed E-state index contributed by atoms with van der Waals surface area (Å²) >= 11 is 6.06. The van der Waals surface area contributed by atoms with E-state index in [0.29, 0.717) is 16.4 Å². The van der Waals surface area contributed by atoms with Crippen molar-refractivity contribution in [3.05, 3.63) is 69.1 Å². The Morgan fingerprint density at radius 2 is 1.88 bits per heavy atom. The predicted molar refractivity (Wildman–Crippen MR) is 95.2 cm³/mol. The van der Waals surface area contributed by atoms with Crippen LogP contribution in [0.3, 0.4) is 0 Å². The van der Waals surface area contributed by atoms with E-state index >= 15 is 0 Å². The Balaban J connectivity index is 1.77. The number of nitrogens with one attached hydrogen (secondary N) is 1. The first kappa shape index (κ1) is 16.9. The highest BCUT2D eigenvalue weighted by Crippen LogP contribution is 2.17. The SMILES string of the molecule is Cc1ccc(NC(=O)Cn2nnn(-c3ccccc3Cl)c2=O)cc1C. The van der Waals surface area contributed by atoms with E-state index in [-0.39, 0.29) is 12.5 Å². The lowest BCUT2D eigenvalue weighted by Gasteiger charge is -2.07. The lowest BCUT2D eigenvalue weighted by molar-refractivity contribution is -0.117. The molecule has 7 nitrogen and oxygen atoms in total. The number of benzene rings is 2. The number of carbonyl (C=O) groups is 1. The molecule has 0 saturated carbocycles. The first-order chi connectivity index (χ1) is 12.0. The standard InChI is InChI=1S/C17H16ClN5O2/c1-11-7-8-13(9-12(11)2)19-16(24)10-22-17(25)23(21-20-22)15-6-4-3-5-14(15)18/h3-9H,10H2,1-2H3,(H,19,24). The number of amides is 1. The quantitative estimate of drug-likeness (QED) is 0.777. The number of aromatic nitrogens is 4. The summed E-state index contributed by atoms with van der Waals surface area (Å²) < 4.78 is 2.05. The minimum Gasteiger partial charge on any atom is -0.324 e. The number of nitrogens with zero attached hydrogens (tertiary/aromatic N) is 4. The lowest BCUT2D eigenvalue weighted by atomic mass is 10.1. The van der Waals surface area contributed by atoms with E-state index in [1.54, 1.807) is 24.3 Å². The molecule has 0 aliphatic carbocycles. The molecule has 0 saturated heterocycles. The molecule has 0 bridgehead atoms. The smallest absolute Gasteiger partial charge is 0.324 e. The Labute approximate surface area is 148 Å². The third-order valence-electron chi connectivity index (χ3n) is 3.80. The second-order valence-corrected chi connectivity index (χ2v) is 6.04. The lowest BCUT2D eigenvalue weighted by Crippen LogP contribution is -2.29. The van der Waals surface area contributed by atoms with Gasteiger partial charge in [-0.2, -0.15) is 9.36 Å². The van der Waals surface area contributed by atoms with Gasteiger partial charge in [0.25, 0.3) is 0 Å². The van der Waals surface area contributed by atoms with Crippen LogP contribution in [0.15, 0.2) is 47.3 Å². The molecule has 1 heterocycles. The second-order valence-electron chi connectivity index (χ2n) is 5.63. The van der Waals surface area contributed by atoms with E-state index in [4.69, 9.17) is 11.6 Å². The minimum absolute atomic E-state index is 0.240. The van der Waals surface area contributed by atoms with Gasteiger partial charge in [0.15, 0.2) is 0 Å². The van der Waals surface area contributed by atoms with Crippen molar-refractivity contribution in [3.8, 4) is 5.69 Å². The number of hydrogen-bond donors (Lipinski definition) is 1. The van der Waals surface area contributed by atoms with Crippen LogP contribution >= 0.6 is 11.6 Å². The highest BCUT2D eigenvalue weighted by atomic mass is 35.5. The first-order valence-electron chi connectivity index (χ1n) is 7.60. The molecule has 0 spiro atoms. The van der Waals surface area contributed by atoms with Gasteiger partial charge >= 0.3 is 5.69 Å². The zero-order valence-electron chi connectivity index (χ0n) is 13.7. The van der Waals surface area contributed by atoms with Gasteiger partial charge in [-0.1, -0.05) is 29.8 Å². The van der Waals surface area contributed by atoms with Gasteiger partial charge in [-0.3, -0.25) is 4.79 Å². The van der Waals surface area contributed by atoms with Crippen LogP contribution in [0.2, 0.25) is 5.02 Å². The topological polar surface area (TPSA) is 81.8 Å². The van der Waals surface area contributed by atoms with E-state index in [9.17, 15) is 9.59 Å². The molecule has 0 atom stereocenters. The summed E-state index contributed by atoms with van der Waals surface area (Å²) in [5.74, 6) is -0.364. The largest absolute Gasteiger partial charge is 0.369 e. The molecular formula is C17H16ClN5O2. The second kappa shape index (κ2) is 6.90. The van der Waals surface area contributed by atoms with Crippen LogP contribution in [0.1, 0.15) is 11.1 Å². The summed E-state index contributed by atoms with van der Waals surface area (Å²) in [6, 6.07) is 12.4. The fourth-order valence-corrected chi connectivity index (χ4v) is 2.52. The molecule has 1 N–H and O–H groups in total. The number of aryl methyl sites for hydroxylation is 2. The van der Waals surface area contributed by atoms with Crippen molar-refractivity contribution < 1.29 is 4.79 Å². The maximum Gasteiger partial charge on any atom is 0.369 e. The number of anilines is 1. The van der Waals surface area contributed by atoms with Crippen LogP contribution in [0, 0.1) is 13.8 Å². The fourth-order valence-electron chi connectivity index (χ4n) is 2.30. The monoisotopic (exact) mass is 357 g/mol. The van der Waals surface area contributed by atoms with Crippen LogP contribution in [0.5, 0.6) is 0 Å². The van der Waals surface area contributed by atoms with Gasteiger partial charge in [0.1, 0.15) is 6.54 Å². The van der Waals surface area contributed by atoms with Crippen LogP contribution in [0.25, 0.3) is 5.69 Å². The molecule has 0 aliphatic rings. The molecule has 1 aromatic heterocycles. The number of carbonyl (C=O) groups excluding carboxylic acids is 1. The molecule has 0 fully saturated rings. The third kappa shape index (κ3) is 3.61. The van der Waals surface area contributed by atoms with E-state index in [1.165, 1.54) is 0 Å². The van der Waals surface area contributed by atoms with Gasteiger partial charge in [-0.15, -0.1) is 0 Å². The summed E-state index contributed by atoms with van der Waals surface area (Å²) in [6.07, 6.45) is 0. The van der Waals surface area contributed by atoms with Gasteiger partial charge in [-0.25, -0.2) is 4.79 Å². The van der Waals surface area contributed by atoms with Gasteiger partial charge < -0.3 is 5.32 Å². The van der Waals surface area contributed by atoms with Crippen LogP contribution in [-0.2, 0) is 11.3 Å². The maximum atomic E-state index is 12.4. The third-order valence-corrected chi connectivity index (χ3v) is 4.12. The van der Waals surface area contributed by atoms with Gasteiger partial charge in [0.2, 0.25) is 5.91 Å². The summed E-state index contributed by atoms with van der Waals surface area (Å²) in [4.78, 5) is 24.5. The molecule has 0 radical (unpaired) electrons. The van der Waals surface area contributed by atoms with Gasteiger partial charge in [0.05, 0.1) is 10.7 Å². The summed E-state index contributed by atoms with van der Waals surface area (Å²) in [5.41, 5.74) is 2.74. The molecule has 128 valence electrons. The normalized spacial score (nSPS) is 10.7. The van der Waals surface area contributed by atoms with Crippen molar-refractivity contribution in [1.29, 1.82) is 0 Å². The van der Waals surface area contributed by atoms with Crippen LogP contribution < -0.4 is 11.0 Å². The molecule has 1 amide bonds. The molecular weight excluding hydrogens is 342 g/mol. The number of hydrogen-bond acceptors (Lipinski definition) is 4. The summed E-state index contributed by atoms with van der Waals surface area (Å²) in [5, 5.41) is 10.6. The van der Waals surface area contributed by atoms with Crippen molar-refractivity contribution in [2.24, 2.45) is 0 Å². The number of halogens is 1. The van der Waals surface area contributed by atoms with Crippen molar-refractivity contribution in [2.75, 3.05) is 5.32 Å². The summed E-state index contributed by atoms with van der Waals surface area (Å²) in [7, 11) is 0. The van der Waals surface area contributed by atoms with Crippen LogP contribution in [0.4, 0.5) is 5.69 Å². The zero-order chi connectivity index (χ0) is 18.0. The van der Waals surface area contributed by atoms with Gasteiger partial charge in [-0.05, 0) is 59.7 Å². The molecule has 3 rings (SSSR count). The maximum absolute atomic E-state index is 12.4. The fraction of sp³-hybridized carbons (Fsp3) is 0.176. The Hall–Kier alpha value is -2.93. The Morgan fingerprint density at radius 3 is 2.60 bits per heavy atom.